The monoisotopic (exact) mass is 253 g/mol. The third-order valence-electron chi connectivity index (χ3n) is 1.98. The highest BCUT2D eigenvalue weighted by atomic mass is 32.1. The lowest BCUT2D eigenvalue weighted by Crippen LogP contribution is -2.31. The maximum atomic E-state index is 11.6. The summed E-state index contributed by atoms with van der Waals surface area (Å²) in [4.78, 5) is 25.1. The summed E-state index contributed by atoms with van der Waals surface area (Å²) in [5.41, 5.74) is 0. The Morgan fingerprint density at radius 3 is 2.88 bits per heavy atom. The summed E-state index contributed by atoms with van der Waals surface area (Å²) in [5.74, 6) is -0.612. The summed E-state index contributed by atoms with van der Waals surface area (Å²) in [6.45, 7) is 2.03. The third-order valence-corrected chi connectivity index (χ3v) is 2.82. The van der Waals surface area contributed by atoms with E-state index in [-0.39, 0.29) is 12.5 Å². The molecule has 0 spiro atoms. The van der Waals surface area contributed by atoms with Crippen molar-refractivity contribution in [3.8, 4) is 0 Å². The minimum Gasteiger partial charge on any atom is -0.465 e. The van der Waals surface area contributed by atoms with Crippen LogP contribution >= 0.6 is 11.3 Å². The van der Waals surface area contributed by atoms with E-state index in [1.165, 1.54) is 11.0 Å². The van der Waals surface area contributed by atoms with Gasteiger partial charge in [0.05, 0.1) is 6.61 Å². The molecular formula is C12H15NO3S. The molecule has 0 atom stereocenters. The van der Waals surface area contributed by atoms with Crippen LogP contribution in [0.4, 0.5) is 0 Å². The molecule has 1 rings (SSSR count). The van der Waals surface area contributed by atoms with Crippen LogP contribution in [-0.4, -0.2) is 37.0 Å². The molecule has 0 saturated heterocycles. The van der Waals surface area contributed by atoms with E-state index in [9.17, 15) is 9.59 Å². The highest BCUT2D eigenvalue weighted by Gasteiger charge is 2.10. The van der Waals surface area contributed by atoms with Crippen LogP contribution in [-0.2, 0) is 14.3 Å². The van der Waals surface area contributed by atoms with Crippen molar-refractivity contribution in [1.29, 1.82) is 0 Å². The summed E-state index contributed by atoms with van der Waals surface area (Å²) >= 11 is 1.55. The van der Waals surface area contributed by atoms with Crippen molar-refractivity contribution in [2.75, 3.05) is 20.2 Å². The molecule has 0 fully saturated rings. The van der Waals surface area contributed by atoms with Crippen LogP contribution in [0.1, 0.15) is 11.8 Å². The lowest BCUT2D eigenvalue weighted by atomic mass is 10.4. The quantitative estimate of drug-likeness (QED) is 0.593. The topological polar surface area (TPSA) is 46.6 Å². The summed E-state index contributed by atoms with van der Waals surface area (Å²) in [7, 11) is 1.57. The van der Waals surface area contributed by atoms with Gasteiger partial charge in [0.25, 0.3) is 0 Å². The number of nitrogens with zero attached hydrogens (tertiary/aromatic N) is 1. The molecule has 0 N–H and O–H groups in total. The number of rotatable bonds is 5. The van der Waals surface area contributed by atoms with E-state index < -0.39 is 5.97 Å². The van der Waals surface area contributed by atoms with Crippen molar-refractivity contribution < 1.29 is 14.3 Å². The number of carbonyl (C=O) groups is 2. The van der Waals surface area contributed by atoms with Gasteiger partial charge in [-0.1, -0.05) is 6.07 Å². The Kier molecular flexibility index (Phi) is 5.42. The van der Waals surface area contributed by atoms with Crippen molar-refractivity contribution in [1.82, 2.24) is 4.90 Å². The van der Waals surface area contributed by atoms with Crippen molar-refractivity contribution in [2.45, 2.75) is 6.92 Å². The molecule has 1 aromatic heterocycles. The molecule has 0 aliphatic rings. The summed E-state index contributed by atoms with van der Waals surface area (Å²) in [5, 5.41) is 1.94. The largest absolute Gasteiger partial charge is 0.465 e. The summed E-state index contributed by atoms with van der Waals surface area (Å²) < 4.78 is 4.76. The van der Waals surface area contributed by atoms with Gasteiger partial charge in [-0.15, -0.1) is 11.3 Å². The number of amides is 1. The zero-order chi connectivity index (χ0) is 12.7. The van der Waals surface area contributed by atoms with Crippen molar-refractivity contribution in [2.24, 2.45) is 0 Å². The number of hydrogen-bond donors (Lipinski definition) is 0. The van der Waals surface area contributed by atoms with Crippen LogP contribution < -0.4 is 0 Å². The minimum absolute atomic E-state index is 0.0263. The third kappa shape index (κ3) is 4.82. The molecule has 0 aliphatic carbocycles. The van der Waals surface area contributed by atoms with Gasteiger partial charge >= 0.3 is 5.97 Å². The Labute approximate surface area is 104 Å². The highest BCUT2D eigenvalue weighted by Crippen LogP contribution is 2.10. The van der Waals surface area contributed by atoms with Gasteiger partial charge in [0.2, 0.25) is 5.91 Å². The smallest absolute Gasteiger partial charge is 0.325 e. The number of ether oxygens (including phenoxy) is 1. The zero-order valence-corrected chi connectivity index (χ0v) is 10.7. The molecule has 1 aromatic rings. The van der Waals surface area contributed by atoms with Crippen molar-refractivity contribution >= 4 is 29.3 Å². The van der Waals surface area contributed by atoms with Gasteiger partial charge in [-0.05, 0) is 24.4 Å². The SMILES string of the molecule is CCOC(=O)CN(C)C(=O)/C=C/c1cccs1. The molecule has 0 aromatic carbocycles. The Balaban J connectivity index is 2.44. The molecule has 1 heterocycles. The molecule has 0 radical (unpaired) electrons. The van der Waals surface area contributed by atoms with Gasteiger partial charge in [-0.3, -0.25) is 9.59 Å². The van der Waals surface area contributed by atoms with Gasteiger partial charge < -0.3 is 9.64 Å². The molecule has 0 aliphatic heterocycles. The van der Waals surface area contributed by atoms with Crippen LogP contribution in [0.5, 0.6) is 0 Å². The van der Waals surface area contributed by atoms with Gasteiger partial charge in [-0.2, -0.15) is 0 Å². The lowest BCUT2D eigenvalue weighted by Gasteiger charge is -2.13. The van der Waals surface area contributed by atoms with E-state index >= 15 is 0 Å². The average molecular weight is 253 g/mol. The number of thiophene rings is 1. The maximum Gasteiger partial charge on any atom is 0.325 e. The molecule has 5 heteroatoms. The molecule has 92 valence electrons. The van der Waals surface area contributed by atoms with Crippen LogP contribution in [0.25, 0.3) is 6.08 Å². The molecule has 4 nitrogen and oxygen atoms in total. The van der Waals surface area contributed by atoms with E-state index in [2.05, 4.69) is 0 Å². The fourth-order valence-electron chi connectivity index (χ4n) is 1.14. The first-order valence-electron chi connectivity index (χ1n) is 5.25. The van der Waals surface area contributed by atoms with E-state index in [4.69, 9.17) is 4.74 Å². The predicted octanol–water partition coefficient (Wildman–Crippen LogP) is 1.78. The van der Waals surface area contributed by atoms with Crippen LogP contribution in [0.3, 0.4) is 0 Å². The molecule has 1 amide bonds. The van der Waals surface area contributed by atoms with Crippen LogP contribution in [0.15, 0.2) is 23.6 Å². The lowest BCUT2D eigenvalue weighted by molar-refractivity contribution is -0.146. The average Bonchev–Trinajstić information content (AvgIpc) is 2.78. The zero-order valence-electron chi connectivity index (χ0n) is 9.88. The second-order valence-corrected chi connectivity index (χ2v) is 4.33. The first-order chi connectivity index (χ1) is 8.13. The highest BCUT2D eigenvalue weighted by molar-refractivity contribution is 7.10. The Morgan fingerprint density at radius 1 is 1.53 bits per heavy atom. The molecule has 0 unspecified atom stereocenters. The first kappa shape index (κ1) is 13.4. The van der Waals surface area contributed by atoms with E-state index in [1.807, 2.05) is 17.5 Å². The normalized spacial score (nSPS) is 10.5. The Hall–Kier alpha value is -1.62. The standard InChI is InChI=1S/C12H15NO3S/c1-3-16-12(15)9-13(2)11(14)7-6-10-5-4-8-17-10/h4-8H,3,9H2,1-2H3/b7-6+. The fourth-order valence-corrected chi connectivity index (χ4v) is 1.76. The maximum absolute atomic E-state index is 11.6. The van der Waals surface area contributed by atoms with Gasteiger partial charge in [-0.25, -0.2) is 0 Å². The van der Waals surface area contributed by atoms with Crippen LogP contribution in [0.2, 0.25) is 0 Å². The second kappa shape index (κ2) is 6.85. The van der Waals surface area contributed by atoms with Crippen LogP contribution in [0, 0.1) is 0 Å². The predicted molar refractivity (Wildman–Crippen MR) is 67.6 cm³/mol. The second-order valence-electron chi connectivity index (χ2n) is 3.35. The Bertz CT molecular complexity index is 398. The summed E-state index contributed by atoms with van der Waals surface area (Å²) in [6, 6.07) is 3.83. The Morgan fingerprint density at radius 2 is 2.29 bits per heavy atom. The number of likely N-dealkylation sites (N-methyl/N-ethyl adjacent to an activating group) is 1. The van der Waals surface area contributed by atoms with Crippen molar-refractivity contribution in [3.63, 3.8) is 0 Å². The fraction of sp³-hybridized carbons (Fsp3) is 0.333. The molecule has 0 bridgehead atoms. The molecule has 0 saturated carbocycles. The van der Waals surface area contributed by atoms with E-state index in [0.29, 0.717) is 6.61 Å². The van der Waals surface area contributed by atoms with E-state index in [0.717, 1.165) is 4.88 Å². The molecular weight excluding hydrogens is 238 g/mol. The van der Waals surface area contributed by atoms with Gasteiger partial charge in [0.15, 0.2) is 0 Å². The molecule has 17 heavy (non-hydrogen) atoms. The van der Waals surface area contributed by atoms with Gasteiger partial charge in [0, 0.05) is 18.0 Å². The summed E-state index contributed by atoms with van der Waals surface area (Å²) in [6.07, 6.45) is 3.18. The van der Waals surface area contributed by atoms with Crippen molar-refractivity contribution in [3.05, 3.63) is 28.5 Å². The number of esters is 1. The van der Waals surface area contributed by atoms with E-state index in [1.54, 1.807) is 31.4 Å². The number of carbonyl (C=O) groups excluding carboxylic acids is 2. The number of hydrogen-bond acceptors (Lipinski definition) is 4. The van der Waals surface area contributed by atoms with Gasteiger partial charge in [0.1, 0.15) is 6.54 Å². The minimum atomic E-state index is -0.395. The first-order valence-corrected chi connectivity index (χ1v) is 6.13.